The summed E-state index contributed by atoms with van der Waals surface area (Å²) in [4.78, 5) is 0. The molecule has 1 aromatic heterocycles. The van der Waals surface area contributed by atoms with E-state index < -0.39 is 0 Å². The van der Waals surface area contributed by atoms with Crippen molar-refractivity contribution in [2.45, 2.75) is 6.10 Å². The Kier molecular flexibility index (Phi) is 3.60. The summed E-state index contributed by atoms with van der Waals surface area (Å²) in [5.41, 5.74) is 7.19. The van der Waals surface area contributed by atoms with Gasteiger partial charge in [0.1, 0.15) is 11.9 Å². The summed E-state index contributed by atoms with van der Waals surface area (Å²) in [6, 6.07) is 9.09. The number of nitriles is 1. The first-order valence-electron chi connectivity index (χ1n) is 5.58. The van der Waals surface area contributed by atoms with E-state index in [2.05, 4.69) is 11.2 Å². The lowest BCUT2D eigenvalue weighted by Gasteiger charge is -2.15. The number of hydrogen-bond donors (Lipinski definition) is 1. The molecular formula is C13H14N4O. The zero-order valence-electron chi connectivity index (χ0n) is 10.1. The molecule has 2 aromatic rings. The molecule has 0 spiro atoms. The van der Waals surface area contributed by atoms with Crippen LogP contribution in [-0.4, -0.2) is 16.3 Å². The topological polar surface area (TPSA) is 76.9 Å². The molecule has 0 aliphatic heterocycles. The fraction of sp³-hybridized carbons (Fsp3) is 0.231. The van der Waals surface area contributed by atoms with Crippen molar-refractivity contribution in [1.82, 2.24) is 9.78 Å². The largest absolute Gasteiger partial charge is 0.484 e. The lowest BCUT2D eigenvalue weighted by atomic mass is 10.2. The molecule has 1 unspecified atom stereocenters. The Morgan fingerprint density at radius 3 is 3.00 bits per heavy atom. The zero-order valence-corrected chi connectivity index (χ0v) is 10.1. The maximum Gasteiger partial charge on any atom is 0.139 e. The van der Waals surface area contributed by atoms with Crippen LogP contribution in [0, 0.1) is 11.3 Å². The van der Waals surface area contributed by atoms with Crippen molar-refractivity contribution in [3.05, 3.63) is 47.8 Å². The number of aromatic nitrogens is 2. The summed E-state index contributed by atoms with van der Waals surface area (Å²) in [6.45, 7) is 0.350. The number of rotatable bonds is 4. The standard InChI is InChI=1S/C13H14N4O/c1-17-9-11(8-16-17)13(7-15)18-12-4-2-3-10(5-12)6-14/h2-5,8-9,13H,7,15H2,1H3. The summed E-state index contributed by atoms with van der Waals surface area (Å²) >= 11 is 0. The Hall–Kier alpha value is -2.32. The molecule has 0 fully saturated rings. The van der Waals surface area contributed by atoms with Crippen molar-refractivity contribution in [2.24, 2.45) is 12.8 Å². The third-order valence-corrected chi connectivity index (χ3v) is 2.55. The van der Waals surface area contributed by atoms with E-state index in [1.165, 1.54) is 0 Å². The molecule has 2 N–H and O–H groups in total. The van der Waals surface area contributed by atoms with Crippen LogP contribution in [0.4, 0.5) is 0 Å². The highest BCUT2D eigenvalue weighted by Crippen LogP contribution is 2.21. The third kappa shape index (κ3) is 2.67. The molecule has 0 radical (unpaired) electrons. The predicted molar refractivity (Wildman–Crippen MR) is 66.8 cm³/mol. The maximum absolute atomic E-state index is 8.83. The molecule has 1 aromatic carbocycles. The first-order chi connectivity index (χ1) is 8.72. The number of ether oxygens (including phenoxy) is 1. The smallest absolute Gasteiger partial charge is 0.139 e. The van der Waals surface area contributed by atoms with Crippen LogP contribution < -0.4 is 10.5 Å². The second-order valence-corrected chi connectivity index (χ2v) is 3.93. The lowest BCUT2D eigenvalue weighted by molar-refractivity contribution is 0.214. The van der Waals surface area contributed by atoms with Gasteiger partial charge in [0.05, 0.1) is 17.8 Å². The minimum absolute atomic E-state index is 0.257. The average Bonchev–Trinajstić information content (AvgIpc) is 2.82. The van der Waals surface area contributed by atoms with Crippen LogP contribution in [0.5, 0.6) is 5.75 Å². The van der Waals surface area contributed by atoms with Gasteiger partial charge in [-0.05, 0) is 18.2 Å². The van der Waals surface area contributed by atoms with Crippen molar-refractivity contribution in [3.8, 4) is 11.8 Å². The molecule has 0 saturated heterocycles. The summed E-state index contributed by atoms with van der Waals surface area (Å²) < 4.78 is 7.48. The second kappa shape index (κ2) is 5.34. The molecule has 0 saturated carbocycles. The van der Waals surface area contributed by atoms with Crippen molar-refractivity contribution in [1.29, 1.82) is 5.26 Å². The molecule has 18 heavy (non-hydrogen) atoms. The minimum Gasteiger partial charge on any atom is -0.484 e. The van der Waals surface area contributed by atoms with Gasteiger partial charge in [-0.2, -0.15) is 10.4 Å². The summed E-state index contributed by atoms with van der Waals surface area (Å²) in [6.07, 6.45) is 3.34. The van der Waals surface area contributed by atoms with Gasteiger partial charge < -0.3 is 10.5 Å². The number of nitrogens with zero attached hydrogens (tertiary/aromatic N) is 3. The normalized spacial score (nSPS) is 11.8. The van der Waals surface area contributed by atoms with Crippen LogP contribution in [-0.2, 0) is 7.05 Å². The molecule has 0 aliphatic carbocycles. The second-order valence-electron chi connectivity index (χ2n) is 3.93. The van der Waals surface area contributed by atoms with Gasteiger partial charge in [0.2, 0.25) is 0 Å². The van der Waals surface area contributed by atoms with Crippen LogP contribution in [0.3, 0.4) is 0 Å². The maximum atomic E-state index is 8.83. The van der Waals surface area contributed by atoms with E-state index in [1.54, 1.807) is 35.1 Å². The minimum atomic E-state index is -0.257. The van der Waals surface area contributed by atoms with Crippen molar-refractivity contribution in [2.75, 3.05) is 6.54 Å². The molecule has 1 heterocycles. The molecule has 0 bridgehead atoms. The monoisotopic (exact) mass is 242 g/mol. The zero-order chi connectivity index (χ0) is 13.0. The number of aryl methyl sites for hydroxylation is 1. The van der Waals surface area contributed by atoms with Crippen molar-refractivity contribution in [3.63, 3.8) is 0 Å². The van der Waals surface area contributed by atoms with Gasteiger partial charge in [0, 0.05) is 25.4 Å². The van der Waals surface area contributed by atoms with Gasteiger partial charge >= 0.3 is 0 Å². The Labute approximate surface area is 105 Å². The number of benzene rings is 1. The SMILES string of the molecule is Cn1cc(C(CN)Oc2cccc(C#N)c2)cn1. The fourth-order valence-electron chi connectivity index (χ4n) is 1.66. The molecule has 2 rings (SSSR count). The number of nitrogens with two attached hydrogens (primary N) is 1. The van der Waals surface area contributed by atoms with E-state index in [9.17, 15) is 0 Å². The summed E-state index contributed by atoms with van der Waals surface area (Å²) in [5.74, 6) is 0.633. The Morgan fingerprint density at radius 1 is 1.56 bits per heavy atom. The van der Waals surface area contributed by atoms with Crippen molar-refractivity contribution >= 4 is 0 Å². The molecule has 92 valence electrons. The van der Waals surface area contributed by atoms with E-state index in [1.807, 2.05) is 13.2 Å². The van der Waals surface area contributed by atoms with E-state index >= 15 is 0 Å². The van der Waals surface area contributed by atoms with Gasteiger partial charge in [-0.25, -0.2) is 0 Å². The highest BCUT2D eigenvalue weighted by Gasteiger charge is 2.13. The molecule has 5 nitrogen and oxygen atoms in total. The summed E-state index contributed by atoms with van der Waals surface area (Å²) in [7, 11) is 1.84. The van der Waals surface area contributed by atoms with Gasteiger partial charge in [0.25, 0.3) is 0 Å². The van der Waals surface area contributed by atoms with Gasteiger partial charge in [-0.15, -0.1) is 0 Å². The van der Waals surface area contributed by atoms with E-state index in [4.69, 9.17) is 15.7 Å². The lowest BCUT2D eigenvalue weighted by Crippen LogP contribution is -2.18. The molecular weight excluding hydrogens is 228 g/mol. The fourth-order valence-corrected chi connectivity index (χ4v) is 1.66. The van der Waals surface area contributed by atoms with Crippen LogP contribution in [0.15, 0.2) is 36.7 Å². The van der Waals surface area contributed by atoms with Crippen LogP contribution in [0.1, 0.15) is 17.2 Å². The highest BCUT2D eigenvalue weighted by molar-refractivity contribution is 5.36. The first kappa shape index (κ1) is 12.1. The molecule has 0 aliphatic rings. The summed E-state index contributed by atoms with van der Waals surface area (Å²) in [5, 5.41) is 12.9. The quantitative estimate of drug-likeness (QED) is 0.878. The highest BCUT2D eigenvalue weighted by atomic mass is 16.5. The molecule has 1 atom stereocenters. The van der Waals surface area contributed by atoms with Gasteiger partial charge in [0.15, 0.2) is 0 Å². The van der Waals surface area contributed by atoms with E-state index in [0.717, 1.165) is 5.56 Å². The Bertz CT molecular complexity index is 570. The predicted octanol–water partition coefficient (Wildman–Crippen LogP) is 1.37. The van der Waals surface area contributed by atoms with Gasteiger partial charge in [-0.1, -0.05) is 6.07 Å². The van der Waals surface area contributed by atoms with Crippen molar-refractivity contribution < 1.29 is 4.74 Å². The molecule has 5 heteroatoms. The average molecular weight is 242 g/mol. The Balaban J connectivity index is 2.18. The van der Waals surface area contributed by atoms with Crippen LogP contribution in [0.2, 0.25) is 0 Å². The van der Waals surface area contributed by atoms with E-state index in [-0.39, 0.29) is 6.10 Å². The van der Waals surface area contributed by atoms with Gasteiger partial charge in [-0.3, -0.25) is 4.68 Å². The molecule has 0 amide bonds. The van der Waals surface area contributed by atoms with Crippen LogP contribution >= 0.6 is 0 Å². The van der Waals surface area contributed by atoms with Crippen LogP contribution in [0.25, 0.3) is 0 Å². The number of hydrogen-bond acceptors (Lipinski definition) is 4. The first-order valence-corrected chi connectivity index (χ1v) is 5.58. The Morgan fingerprint density at radius 2 is 2.39 bits per heavy atom. The third-order valence-electron chi connectivity index (χ3n) is 2.55. The van der Waals surface area contributed by atoms with E-state index in [0.29, 0.717) is 17.9 Å².